The number of hydrogen-bond acceptors (Lipinski definition) is 4. The molecule has 0 spiro atoms. The van der Waals surface area contributed by atoms with E-state index >= 15 is 0 Å². The lowest BCUT2D eigenvalue weighted by atomic mass is 10.1. The van der Waals surface area contributed by atoms with Gasteiger partial charge in [-0.15, -0.1) is 22.7 Å². The smallest absolute Gasteiger partial charge is 0.159 e. The summed E-state index contributed by atoms with van der Waals surface area (Å²) in [5.41, 5.74) is 0.775. The molecule has 4 aromatic rings. The largest absolute Gasteiger partial charge is 0.497 e. The molecule has 0 unspecified atom stereocenters. The van der Waals surface area contributed by atoms with Crippen LogP contribution in [-0.2, 0) is 0 Å². The Bertz CT molecular complexity index is 1010. The van der Waals surface area contributed by atoms with E-state index in [2.05, 4.69) is 18.2 Å². The maximum absolute atomic E-state index is 11.6. The molecular weight excluding hydrogens is 300 g/mol. The standard InChI is InChI=1S/C17H12O2S2/c1-9(18)10-3-6-14-13(7-10)17-16(20-14)12-5-4-11(19-2)8-15(12)21-17/h3-8H,1-2H3. The van der Waals surface area contributed by atoms with Gasteiger partial charge in [0.2, 0.25) is 0 Å². The lowest BCUT2D eigenvalue weighted by Crippen LogP contribution is -1.89. The SMILES string of the molecule is COc1ccc2c(c1)sc1c3cc(C(C)=O)ccc3sc21. The van der Waals surface area contributed by atoms with Gasteiger partial charge >= 0.3 is 0 Å². The fourth-order valence-corrected chi connectivity index (χ4v) is 5.24. The first kappa shape index (κ1) is 12.8. The van der Waals surface area contributed by atoms with Crippen LogP contribution in [0.2, 0.25) is 0 Å². The molecule has 0 saturated carbocycles. The van der Waals surface area contributed by atoms with Crippen LogP contribution in [0.1, 0.15) is 17.3 Å². The fourth-order valence-electron chi connectivity index (χ4n) is 2.58. The molecule has 0 aliphatic heterocycles. The van der Waals surface area contributed by atoms with Crippen molar-refractivity contribution in [3.05, 3.63) is 42.0 Å². The van der Waals surface area contributed by atoms with Gasteiger partial charge in [-0.05, 0) is 43.3 Å². The van der Waals surface area contributed by atoms with Crippen molar-refractivity contribution in [3.63, 3.8) is 0 Å². The third-order valence-corrected chi connectivity index (χ3v) is 6.21. The van der Waals surface area contributed by atoms with E-state index in [0.717, 1.165) is 11.3 Å². The van der Waals surface area contributed by atoms with E-state index in [1.807, 2.05) is 18.2 Å². The second kappa shape index (κ2) is 4.55. The molecule has 2 aromatic carbocycles. The minimum atomic E-state index is 0.110. The number of fused-ring (bicyclic) bond motifs is 5. The Balaban J connectivity index is 2.09. The third kappa shape index (κ3) is 1.87. The summed E-state index contributed by atoms with van der Waals surface area (Å²) < 4.78 is 10.3. The molecule has 0 atom stereocenters. The monoisotopic (exact) mass is 312 g/mol. The topological polar surface area (TPSA) is 26.3 Å². The summed E-state index contributed by atoms with van der Waals surface area (Å²) in [6.07, 6.45) is 0. The number of carbonyl (C=O) groups excluding carboxylic acids is 1. The number of Topliss-reactive ketones (excluding diaryl/α,β-unsaturated/α-hetero) is 1. The molecule has 21 heavy (non-hydrogen) atoms. The number of rotatable bonds is 2. The zero-order valence-electron chi connectivity index (χ0n) is 11.6. The van der Waals surface area contributed by atoms with Crippen LogP contribution in [0.4, 0.5) is 0 Å². The first-order valence-electron chi connectivity index (χ1n) is 6.61. The first-order chi connectivity index (χ1) is 10.2. The molecule has 0 aliphatic rings. The predicted molar refractivity (Wildman–Crippen MR) is 91.3 cm³/mol. The molecule has 2 heterocycles. The maximum atomic E-state index is 11.6. The Hall–Kier alpha value is -1.91. The predicted octanol–water partition coefficient (Wildman–Crippen LogP) is 5.48. The van der Waals surface area contributed by atoms with Gasteiger partial charge in [-0.25, -0.2) is 0 Å². The normalized spacial score (nSPS) is 11.5. The van der Waals surface area contributed by atoms with Crippen molar-refractivity contribution in [2.24, 2.45) is 0 Å². The van der Waals surface area contributed by atoms with Crippen LogP contribution >= 0.6 is 22.7 Å². The number of carbonyl (C=O) groups is 1. The molecule has 0 amide bonds. The molecule has 104 valence electrons. The summed E-state index contributed by atoms with van der Waals surface area (Å²) in [4.78, 5) is 11.6. The molecule has 2 aromatic heterocycles. The second-order valence-corrected chi connectivity index (χ2v) is 7.10. The molecule has 4 rings (SSSR count). The van der Waals surface area contributed by atoms with Crippen LogP contribution in [0.15, 0.2) is 36.4 Å². The van der Waals surface area contributed by atoms with Crippen molar-refractivity contribution < 1.29 is 9.53 Å². The number of benzene rings is 2. The highest BCUT2D eigenvalue weighted by molar-refractivity contribution is 7.36. The minimum Gasteiger partial charge on any atom is -0.497 e. The molecule has 0 bridgehead atoms. The first-order valence-corrected chi connectivity index (χ1v) is 8.24. The van der Waals surface area contributed by atoms with Crippen molar-refractivity contribution >= 4 is 58.0 Å². The number of hydrogen-bond donors (Lipinski definition) is 0. The van der Waals surface area contributed by atoms with E-state index in [4.69, 9.17) is 4.74 Å². The Kier molecular flexibility index (Phi) is 2.77. The van der Waals surface area contributed by atoms with Gasteiger partial charge in [-0.3, -0.25) is 4.79 Å². The number of thiophene rings is 2. The van der Waals surface area contributed by atoms with Crippen LogP contribution in [0.3, 0.4) is 0 Å². The van der Waals surface area contributed by atoms with Gasteiger partial charge in [0.05, 0.1) is 16.5 Å². The molecule has 0 saturated heterocycles. The third-order valence-electron chi connectivity index (χ3n) is 3.69. The maximum Gasteiger partial charge on any atom is 0.159 e. The lowest BCUT2D eigenvalue weighted by Gasteiger charge is -1.98. The fraction of sp³-hybridized carbons (Fsp3) is 0.118. The highest BCUT2D eigenvalue weighted by Gasteiger charge is 2.13. The van der Waals surface area contributed by atoms with Crippen molar-refractivity contribution in [1.82, 2.24) is 0 Å². The average Bonchev–Trinajstić information content (AvgIpc) is 3.01. The molecule has 0 N–H and O–H groups in total. The Morgan fingerprint density at radius 1 is 0.952 bits per heavy atom. The van der Waals surface area contributed by atoms with Crippen LogP contribution in [0, 0.1) is 0 Å². The number of ketones is 1. The van der Waals surface area contributed by atoms with Gasteiger partial charge in [0.15, 0.2) is 5.78 Å². The van der Waals surface area contributed by atoms with Gasteiger partial charge in [-0.2, -0.15) is 0 Å². The summed E-state index contributed by atoms with van der Waals surface area (Å²) >= 11 is 3.56. The van der Waals surface area contributed by atoms with E-state index in [0.29, 0.717) is 0 Å². The summed E-state index contributed by atoms with van der Waals surface area (Å²) in [6.45, 7) is 1.61. The quantitative estimate of drug-likeness (QED) is 0.458. The molecule has 0 fully saturated rings. The van der Waals surface area contributed by atoms with E-state index in [1.165, 1.54) is 29.6 Å². The minimum absolute atomic E-state index is 0.110. The van der Waals surface area contributed by atoms with E-state index in [9.17, 15) is 4.79 Å². The Morgan fingerprint density at radius 2 is 1.71 bits per heavy atom. The summed E-state index contributed by atoms with van der Waals surface area (Å²) in [7, 11) is 1.69. The zero-order chi connectivity index (χ0) is 14.6. The van der Waals surface area contributed by atoms with Gasteiger partial charge in [0.1, 0.15) is 5.75 Å². The molecule has 0 aliphatic carbocycles. The van der Waals surface area contributed by atoms with Gasteiger partial charge in [-0.1, -0.05) is 0 Å². The van der Waals surface area contributed by atoms with Crippen LogP contribution in [-0.4, -0.2) is 12.9 Å². The van der Waals surface area contributed by atoms with Crippen LogP contribution in [0.5, 0.6) is 5.75 Å². The summed E-state index contributed by atoms with van der Waals surface area (Å²) in [6, 6.07) is 12.2. The molecule has 0 radical (unpaired) electrons. The Labute approximate surface area is 129 Å². The van der Waals surface area contributed by atoms with Crippen LogP contribution < -0.4 is 4.74 Å². The van der Waals surface area contributed by atoms with Crippen LogP contribution in [0.25, 0.3) is 29.6 Å². The van der Waals surface area contributed by atoms with Crippen molar-refractivity contribution in [3.8, 4) is 5.75 Å². The molecule has 4 heteroatoms. The Morgan fingerprint density at radius 3 is 2.48 bits per heavy atom. The zero-order valence-corrected chi connectivity index (χ0v) is 13.2. The van der Waals surface area contributed by atoms with Crippen molar-refractivity contribution in [2.75, 3.05) is 7.11 Å². The van der Waals surface area contributed by atoms with E-state index in [1.54, 1.807) is 36.7 Å². The lowest BCUT2D eigenvalue weighted by molar-refractivity contribution is 0.101. The molecule has 2 nitrogen and oxygen atoms in total. The number of ether oxygens (including phenoxy) is 1. The molecular formula is C17H12O2S2. The highest BCUT2D eigenvalue weighted by Crippen LogP contribution is 2.45. The van der Waals surface area contributed by atoms with Gasteiger partial charge in [0.25, 0.3) is 0 Å². The second-order valence-electron chi connectivity index (χ2n) is 4.99. The highest BCUT2D eigenvalue weighted by atomic mass is 32.1. The average molecular weight is 312 g/mol. The van der Waals surface area contributed by atoms with E-state index < -0.39 is 0 Å². The van der Waals surface area contributed by atoms with Gasteiger partial charge in [0, 0.05) is 25.7 Å². The van der Waals surface area contributed by atoms with Crippen molar-refractivity contribution in [1.29, 1.82) is 0 Å². The summed E-state index contributed by atoms with van der Waals surface area (Å²) in [5.74, 6) is 0.990. The summed E-state index contributed by atoms with van der Waals surface area (Å²) in [5, 5.41) is 2.45. The van der Waals surface area contributed by atoms with Crippen molar-refractivity contribution in [2.45, 2.75) is 6.92 Å². The van der Waals surface area contributed by atoms with E-state index in [-0.39, 0.29) is 5.78 Å². The van der Waals surface area contributed by atoms with Gasteiger partial charge < -0.3 is 4.74 Å². The number of methoxy groups -OCH3 is 1.